The molecule has 0 bridgehead atoms. The molecule has 0 unspecified atom stereocenters. The minimum Gasteiger partial charge on any atom is -0.492 e. The Morgan fingerprint density at radius 1 is 1.06 bits per heavy atom. The van der Waals surface area contributed by atoms with Gasteiger partial charge in [-0.3, -0.25) is 4.90 Å². The topological polar surface area (TPSA) is 59.8 Å². The molecule has 188 valence electrons. The van der Waals surface area contributed by atoms with E-state index in [4.69, 9.17) is 9.47 Å². The summed E-state index contributed by atoms with van der Waals surface area (Å²) in [6.45, 7) is 8.23. The van der Waals surface area contributed by atoms with Crippen LogP contribution in [0.15, 0.2) is 60.9 Å². The summed E-state index contributed by atoms with van der Waals surface area (Å²) < 4.78 is 27.5. The molecule has 1 aromatic heterocycles. The van der Waals surface area contributed by atoms with Crippen LogP contribution in [0.4, 0.5) is 4.39 Å². The summed E-state index contributed by atoms with van der Waals surface area (Å²) in [6.07, 6.45) is 5.93. The highest BCUT2D eigenvalue weighted by Crippen LogP contribution is 2.26. The molecule has 2 aromatic carbocycles. The van der Waals surface area contributed by atoms with Gasteiger partial charge in [0.25, 0.3) is 0 Å². The molecule has 1 aliphatic rings. The van der Waals surface area contributed by atoms with Gasteiger partial charge in [0.1, 0.15) is 24.8 Å². The number of ether oxygens (including phenoxy) is 2. The highest BCUT2D eigenvalue weighted by atomic mass is 19.1. The van der Waals surface area contributed by atoms with Gasteiger partial charge in [-0.25, -0.2) is 9.37 Å². The second kappa shape index (κ2) is 11.7. The highest BCUT2D eigenvalue weighted by molar-refractivity contribution is 5.27. The van der Waals surface area contributed by atoms with E-state index < -0.39 is 11.4 Å². The maximum absolute atomic E-state index is 13.8. The van der Waals surface area contributed by atoms with Crippen LogP contribution in [-0.4, -0.2) is 51.5 Å². The van der Waals surface area contributed by atoms with Crippen molar-refractivity contribution < 1.29 is 19.0 Å². The minimum absolute atomic E-state index is 0.103. The van der Waals surface area contributed by atoms with Gasteiger partial charge in [-0.05, 0) is 55.6 Å². The van der Waals surface area contributed by atoms with Crippen LogP contribution in [0.25, 0.3) is 0 Å². The Kier molecular flexibility index (Phi) is 8.42. The first-order chi connectivity index (χ1) is 16.9. The third kappa shape index (κ3) is 7.05. The lowest BCUT2D eigenvalue weighted by molar-refractivity contribution is -0.0177. The third-order valence-electron chi connectivity index (χ3n) is 6.54. The Bertz CT molecular complexity index is 1070. The zero-order valence-electron chi connectivity index (χ0n) is 20.7. The molecule has 0 amide bonds. The van der Waals surface area contributed by atoms with Gasteiger partial charge in [-0.2, -0.15) is 0 Å². The van der Waals surface area contributed by atoms with E-state index in [0.29, 0.717) is 25.4 Å². The van der Waals surface area contributed by atoms with Crippen LogP contribution >= 0.6 is 0 Å². The maximum atomic E-state index is 13.8. The van der Waals surface area contributed by atoms with Gasteiger partial charge in [0.2, 0.25) is 0 Å². The van der Waals surface area contributed by atoms with Crippen LogP contribution in [0.3, 0.4) is 0 Å². The van der Waals surface area contributed by atoms with Crippen molar-refractivity contribution in [3.05, 3.63) is 78.1 Å². The maximum Gasteiger partial charge on any atom is 0.165 e. The Labute approximate surface area is 207 Å². The Morgan fingerprint density at radius 2 is 1.86 bits per heavy atom. The van der Waals surface area contributed by atoms with Gasteiger partial charge in [0.05, 0.1) is 12.1 Å². The number of likely N-dealkylation sites (tertiary alicyclic amines) is 1. The molecule has 2 heterocycles. The van der Waals surface area contributed by atoms with Crippen LogP contribution < -0.4 is 9.47 Å². The van der Waals surface area contributed by atoms with Crippen molar-refractivity contribution >= 4 is 0 Å². The Morgan fingerprint density at radius 3 is 2.63 bits per heavy atom. The van der Waals surface area contributed by atoms with Crippen LogP contribution in [0.5, 0.6) is 11.5 Å². The number of hydrogen-bond donors (Lipinski definition) is 1. The smallest absolute Gasteiger partial charge is 0.165 e. The second-order valence-electron chi connectivity index (χ2n) is 9.70. The van der Waals surface area contributed by atoms with Crippen molar-refractivity contribution in [1.82, 2.24) is 14.5 Å². The lowest BCUT2D eigenvalue weighted by Gasteiger charge is -2.27. The fraction of sp³-hybridized carbons (Fsp3) is 0.464. The molecular formula is C28H36FN3O3. The van der Waals surface area contributed by atoms with Gasteiger partial charge in [0.15, 0.2) is 11.6 Å². The van der Waals surface area contributed by atoms with Crippen molar-refractivity contribution in [3.8, 4) is 11.5 Å². The number of aromatic nitrogens is 2. The lowest BCUT2D eigenvalue weighted by atomic mass is 9.96. The van der Waals surface area contributed by atoms with E-state index in [2.05, 4.69) is 40.4 Å². The van der Waals surface area contributed by atoms with Crippen molar-refractivity contribution in [2.24, 2.45) is 0 Å². The van der Waals surface area contributed by atoms with E-state index in [0.717, 1.165) is 44.2 Å². The summed E-state index contributed by atoms with van der Waals surface area (Å²) in [5, 5.41) is 11.0. The number of rotatable bonds is 10. The summed E-state index contributed by atoms with van der Waals surface area (Å²) in [5.74, 6) is 2.11. The zero-order valence-corrected chi connectivity index (χ0v) is 20.7. The van der Waals surface area contributed by atoms with Crippen LogP contribution in [0, 0.1) is 5.82 Å². The number of para-hydroxylation sites is 1. The largest absolute Gasteiger partial charge is 0.492 e. The third-order valence-corrected chi connectivity index (χ3v) is 6.54. The van der Waals surface area contributed by atoms with Crippen LogP contribution in [0.2, 0.25) is 0 Å². The molecule has 0 radical (unpaired) electrons. The molecule has 3 aromatic rings. The van der Waals surface area contributed by atoms with E-state index in [1.807, 2.05) is 24.5 Å². The quantitative estimate of drug-likeness (QED) is 0.441. The summed E-state index contributed by atoms with van der Waals surface area (Å²) in [5.41, 5.74) is 0.265. The average Bonchev–Trinajstić information content (AvgIpc) is 3.24. The molecule has 0 spiro atoms. The molecule has 6 nitrogen and oxygen atoms in total. The first-order valence-electron chi connectivity index (χ1n) is 12.5. The normalized spacial score (nSPS) is 19.0. The number of nitrogens with zero attached hydrogens (tertiary/aromatic N) is 3. The SMILES string of the molecule is CC(C)c1nccn1CCOc1ccc(CN2CCC[C@@](O)(COc3ccccc3F)CC2)cc1. The Balaban J connectivity index is 1.23. The highest BCUT2D eigenvalue weighted by Gasteiger charge is 2.31. The predicted octanol–water partition coefficient (Wildman–Crippen LogP) is 5.02. The lowest BCUT2D eigenvalue weighted by Crippen LogP contribution is -2.37. The molecule has 35 heavy (non-hydrogen) atoms. The van der Waals surface area contributed by atoms with E-state index >= 15 is 0 Å². The van der Waals surface area contributed by atoms with E-state index in [-0.39, 0.29) is 12.4 Å². The summed E-state index contributed by atoms with van der Waals surface area (Å²) >= 11 is 0. The van der Waals surface area contributed by atoms with Crippen molar-refractivity contribution in [2.45, 2.75) is 57.7 Å². The van der Waals surface area contributed by atoms with Gasteiger partial charge in [0, 0.05) is 31.4 Å². The summed E-state index contributed by atoms with van der Waals surface area (Å²) in [7, 11) is 0. The van der Waals surface area contributed by atoms with Crippen molar-refractivity contribution in [3.63, 3.8) is 0 Å². The molecule has 0 saturated carbocycles. The summed E-state index contributed by atoms with van der Waals surface area (Å²) in [6, 6.07) is 14.6. The van der Waals surface area contributed by atoms with E-state index in [9.17, 15) is 9.50 Å². The average molecular weight is 482 g/mol. The van der Waals surface area contributed by atoms with Gasteiger partial charge in [-0.1, -0.05) is 38.1 Å². The fourth-order valence-corrected chi connectivity index (χ4v) is 4.53. The number of aliphatic hydroxyl groups is 1. The second-order valence-corrected chi connectivity index (χ2v) is 9.70. The van der Waals surface area contributed by atoms with Crippen molar-refractivity contribution in [2.75, 3.05) is 26.3 Å². The fourth-order valence-electron chi connectivity index (χ4n) is 4.53. The molecular weight excluding hydrogens is 445 g/mol. The molecule has 1 aliphatic heterocycles. The van der Waals surface area contributed by atoms with E-state index in [1.54, 1.807) is 18.2 Å². The standard InChI is InChI=1S/C28H36FN3O3/c1-22(2)27-30-14-17-32(27)18-19-34-24-10-8-23(9-11-24)20-31-15-5-12-28(33,13-16-31)21-35-26-7-4-3-6-25(26)29/h3-4,6-11,14,17,22,33H,5,12-13,15-16,18-21H2,1-2H3/t28-/m0/s1. The van der Waals surface area contributed by atoms with Crippen molar-refractivity contribution in [1.29, 1.82) is 0 Å². The zero-order chi connectivity index (χ0) is 24.7. The number of halogens is 1. The molecule has 0 aliphatic carbocycles. The molecule has 7 heteroatoms. The minimum atomic E-state index is -0.945. The van der Waals surface area contributed by atoms with Gasteiger partial charge in [-0.15, -0.1) is 0 Å². The number of benzene rings is 2. The van der Waals surface area contributed by atoms with Gasteiger partial charge < -0.3 is 19.1 Å². The molecule has 1 N–H and O–H groups in total. The van der Waals surface area contributed by atoms with Crippen LogP contribution in [-0.2, 0) is 13.1 Å². The van der Waals surface area contributed by atoms with E-state index in [1.165, 1.54) is 11.6 Å². The molecule has 1 fully saturated rings. The molecule has 1 saturated heterocycles. The first kappa shape index (κ1) is 25.2. The number of imidazole rings is 1. The molecule has 4 rings (SSSR count). The molecule has 1 atom stereocenters. The number of hydrogen-bond acceptors (Lipinski definition) is 5. The van der Waals surface area contributed by atoms with Crippen LogP contribution in [0.1, 0.15) is 50.4 Å². The summed E-state index contributed by atoms with van der Waals surface area (Å²) in [4.78, 5) is 6.77. The monoisotopic (exact) mass is 481 g/mol. The Hall–Kier alpha value is -2.90. The first-order valence-corrected chi connectivity index (χ1v) is 12.5. The predicted molar refractivity (Wildman–Crippen MR) is 134 cm³/mol. The van der Waals surface area contributed by atoms with Gasteiger partial charge >= 0.3 is 0 Å².